The molecular formula is C10H11N3O. The molecule has 14 heavy (non-hydrogen) atoms. The molecule has 72 valence electrons. The van der Waals surface area contributed by atoms with Gasteiger partial charge in [-0.15, -0.1) is 0 Å². The maximum Gasteiger partial charge on any atom is 0.340 e. The number of carbonyl (C=O) groups excluding carboxylic acids is 1. The number of hydrogen-bond acceptors (Lipinski definition) is 2. The zero-order chi connectivity index (χ0) is 10.3. The second-order valence-electron chi connectivity index (χ2n) is 3.33. The summed E-state index contributed by atoms with van der Waals surface area (Å²) in [5.41, 5.74) is 8.25. The summed E-state index contributed by atoms with van der Waals surface area (Å²) in [6.45, 7) is 4.03. The van der Waals surface area contributed by atoms with Crippen molar-refractivity contribution < 1.29 is 4.79 Å². The highest BCUT2D eigenvalue weighted by atomic mass is 16.2. The van der Waals surface area contributed by atoms with Gasteiger partial charge in [-0.1, -0.05) is 6.07 Å². The minimum Gasteiger partial charge on any atom is -0.350 e. The van der Waals surface area contributed by atoms with Crippen LogP contribution in [0, 0.1) is 13.8 Å². The molecule has 0 saturated heterocycles. The molecule has 2 aromatic rings. The summed E-state index contributed by atoms with van der Waals surface area (Å²) >= 11 is 0. The van der Waals surface area contributed by atoms with Gasteiger partial charge in [0.25, 0.3) is 0 Å². The Balaban J connectivity index is 2.83. The molecule has 0 unspecified atom stereocenters. The first-order valence-corrected chi connectivity index (χ1v) is 4.35. The van der Waals surface area contributed by atoms with Crippen LogP contribution in [0.2, 0.25) is 0 Å². The summed E-state index contributed by atoms with van der Waals surface area (Å²) in [5.74, 6) is 0. The van der Waals surface area contributed by atoms with E-state index >= 15 is 0 Å². The Hall–Kier alpha value is -1.84. The summed E-state index contributed by atoms with van der Waals surface area (Å²) in [5, 5.41) is 4.91. The molecular weight excluding hydrogens is 178 g/mol. The van der Waals surface area contributed by atoms with Gasteiger partial charge in [0.15, 0.2) is 0 Å². The number of benzene rings is 1. The molecule has 0 aliphatic heterocycles. The largest absolute Gasteiger partial charge is 0.350 e. The number of hydrogen-bond donors (Lipinski definition) is 1. The average molecular weight is 189 g/mol. The van der Waals surface area contributed by atoms with Gasteiger partial charge >= 0.3 is 6.03 Å². The summed E-state index contributed by atoms with van der Waals surface area (Å²) in [6.07, 6.45) is 1.67. The minimum absolute atomic E-state index is 0.553. The Morgan fingerprint density at radius 1 is 1.43 bits per heavy atom. The molecule has 1 heterocycles. The molecule has 4 heteroatoms. The standard InChI is InChI=1S/C10H11N3O/c1-6-3-4-9-8(7(6)2)5-12-13(9)10(11)14/h3-5H,1-2H3,(H2,11,14). The van der Waals surface area contributed by atoms with Crippen LogP contribution < -0.4 is 5.73 Å². The smallest absolute Gasteiger partial charge is 0.340 e. The first-order valence-electron chi connectivity index (χ1n) is 4.35. The molecule has 0 spiro atoms. The van der Waals surface area contributed by atoms with Crippen molar-refractivity contribution in [1.82, 2.24) is 9.78 Å². The van der Waals surface area contributed by atoms with Crippen LogP contribution in [0.3, 0.4) is 0 Å². The molecule has 0 bridgehead atoms. The highest BCUT2D eigenvalue weighted by molar-refractivity contribution is 5.91. The lowest BCUT2D eigenvalue weighted by atomic mass is 10.1. The second-order valence-corrected chi connectivity index (χ2v) is 3.33. The summed E-state index contributed by atoms with van der Waals surface area (Å²) in [6, 6.07) is 3.26. The van der Waals surface area contributed by atoms with E-state index in [-0.39, 0.29) is 0 Å². The second kappa shape index (κ2) is 2.83. The molecule has 0 aliphatic carbocycles. The predicted molar refractivity (Wildman–Crippen MR) is 54.2 cm³/mol. The van der Waals surface area contributed by atoms with Crippen molar-refractivity contribution in [3.8, 4) is 0 Å². The van der Waals surface area contributed by atoms with E-state index in [1.54, 1.807) is 6.20 Å². The first-order chi connectivity index (χ1) is 6.61. The van der Waals surface area contributed by atoms with Crippen LogP contribution in [0.4, 0.5) is 4.79 Å². The minimum atomic E-state index is -0.553. The fraction of sp³-hybridized carbons (Fsp3) is 0.200. The van der Waals surface area contributed by atoms with Crippen molar-refractivity contribution in [2.45, 2.75) is 13.8 Å². The van der Waals surface area contributed by atoms with Gasteiger partial charge in [-0.05, 0) is 31.0 Å². The Morgan fingerprint density at radius 3 is 2.79 bits per heavy atom. The number of fused-ring (bicyclic) bond motifs is 1. The fourth-order valence-corrected chi connectivity index (χ4v) is 1.52. The molecule has 4 nitrogen and oxygen atoms in total. The summed E-state index contributed by atoms with van der Waals surface area (Å²) < 4.78 is 1.21. The molecule has 0 fully saturated rings. The zero-order valence-corrected chi connectivity index (χ0v) is 8.11. The van der Waals surface area contributed by atoms with Crippen molar-refractivity contribution in [1.29, 1.82) is 0 Å². The van der Waals surface area contributed by atoms with Gasteiger partial charge in [-0.2, -0.15) is 9.78 Å². The van der Waals surface area contributed by atoms with Crippen molar-refractivity contribution in [2.75, 3.05) is 0 Å². The first kappa shape index (κ1) is 8.74. The van der Waals surface area contributed by atoms with E-state index in [1.165, 1.54) is 10.2 Å². The van der Waals surface area contributed by atoms with E-state index in [0.717, 1.165) is 16.5 Å². The van der Waals surface area contributed by atoms with Crippen molar-refractivity contribution in [3.05, 3.63) is 29.5 Å². The van der Waals surface area contributed by atoms with E-state index in [4.69, 9.17) is 5.73 Å². The Bertz CT molecular complexity index is 513. The highest BCUT2D eigenvalue weighted by Crippen LogP contribution is 2.20. The Kier molecular flexibility index (Phi) is 1.77. The fourth-order valence-electron chi connectivity index (χ4n) is 1.52. The van der Waals surface area contributed by atoms with E-state index in [9.17, 15) is 4.79 Å². The monoisotopic (exact) mass is 189 g/mol. The molecule has 1 aromatic carbocycles. The Labute approximate surface area is 81.3 Å². The normalized spacial score (nSPS) is 10.7. The number of carbonyl (C=O) groups is 1. The lowest BCUT2D eigenvalue weighted by Crippen LogP contribution is -2.20. The van der Waals surface area contributed by atoms with Gasteiger partial charge in [-0.3, -0.25) is 0 Å². The number of rotatable bonds is 0. The third-order valence-corrected chi connectivity index (χ3v) is 2.50. The zero-order valence-electron chi connectivity index (χ0n) is 8.11. The van der Waals surface area contributed by atoms with Gasteiger partial charge in [0.1, 0.15) is 0 Å². The Morgan fingerprint density at radius 2 is 2.14 bits per heavy atom. The van der Waals surface area contributed by atoms with Crippen LogP contribution in [0.1, 0.15) is 11.1 Å². The molecule has 1 amide bonds. The van der Waals surface area contributed by atoms with Crippen molar-refractivity contribution in [3.63, 3.8) is 0 Å². The quantitative estimate of drug-likeness (QED) is 0.683. The van der Waals surface area contributed by atoms with Crippen molar-refractivity contribution in [2.24, 2.45) is 5.73 Å². The molecule has 2 N–H and O–H groups in total. The maximum absolute atomic E-state index is 11.0. The lowest BCUT2D eigenvalue weighted by molar-refractivity contribution is 0.248. The molecule has 0 atom stereocenters. The van der Waals surface area contributed by atoms with Crippen LogP contribution in [-0.2, 0) is 0 Å². The summed E-state index contributed by atoms with van der Waals surface area (Å²) in [4.78, 5) is 11.0. The molecule has 0 aliphatic rings. The van der Waals surface area contributed by atoms with Crippen LogP contribution in [-0.4, -0.2) is 15.8 Å². The molecule has 2 rings (SSSR count). The molecule has 0 saturated carbocycles. The number of aryl methyl sites for hydroxylation is 2. The van der Waals surface area contributed by atoms with Gasteiger partial charge in [0, 0.05) is 5.39 Å². The third-order valence-electron chi connectivity index (χ3n) is 2.50. The van der Waals surface area contributed by atoms with E-state index in [1.807, 2.05) is 26.0 Å². The SMILES string of the molecule is Cc1ccc2c(cnn2C(N)=O)c1C. The number of primary amides is 1. The number of aromatic nitrogens is 2. The predicted octanol–water partition coefficient (Wildman–Crippen LogP) is 1.58. The van der Waals surface area contributed by atoms with E-state index in [0.29, 0.717) is 0 Å². The van der Waals surface area contributed by atoms with Gasteiger partial charge in [0.05, 0.1) is 11.7 Å². The molecule has 1 aromatic heterocycles. The maximum atomic E-state index is 11.0. The van der Waals surface area contributed by atoms with Crippen LogP contribution >= 0.6 is 0 Å². The molecule has 0 radical (unpaired) electrons. The van der Waals surface area contributed by atoms with Crippen LogP contribution in [0.15, 0.2) is 18.3 Å². The number of nitrogens with two attached hydrogens (primary N) is 1. The third kappa shape index (κ3) is 1.08. The van der Waals surface area contributed by atoms with E-state index in [2.05, 4.69) is 5.10 Å². The van der Waals surface area contributed by atoms with Gasteiger partial charge in [0.2, 0.25) is 0 Å². The number of nitrogens with zero attached hydrogens (tertiary/aromatic N) is 2. The lowest BCUT2D eigenvalue weighted by Gasteiger charge is -2.01. The van der Waals surface area contributed by atoms with Gasteiger partial charge < -0.3 is 5.73 Å². The summed E-state index contributed by atoms with van der Waals surface area (Å²) in [7, 11) is 0. The van der Waals surface area contributed by atoms with Crippen LogP contribution in [0.5, 0.6) is 0 Å². The van der Waals surface area contributed by atoms with Crippen LogP contribution in [0.25, 0.3) is 10.9 Å². The average Bonchev–Trinajstić information content (AvgIpc) is 2.55. The number of amides is 1. The van der Waals surface area contributed by atoms with Crippen molar-refractivity contribution >= 4 is 16.9 Å². The van der Waals surface area contributed by atoms with E-state index < -0.39 is 6.03 Å². The topological polar surface area (TPSA) is 60.9 Å². The van der Waals surface area contributed by atoms with Gasteiger partial charge in [-0.25, -0.2) is 4.79 Å². The highest BCUT2D eigenvalue weighted by Gasteiger charge is 2.09.